The summed E-state index contributed by atoms with van der Waals surface area (Å²) >= 11 is 20.7. The Bertz CT molecular complexity index is 1190. The summed E-state index contributed by atoms with van der Waals surface area (Å²) in [7, 11) is 0. The van der Waals surface area contributed by atoms with Crippen molar-refractivity contribution in [3.8, 4) is 0 Å². The van der Waals surface area contributed by atoms with Gasteiger partial charge < -0.3 is 10.6 Å². The molecule has 0 aliphatic carbocycles. The molecule has 2 amide bonds. The lowest BCUT2D eigenvalue weighted by Crippen LogP contribution is -2.56. The van der Waals surface area contributed by atoms with E-state index in [9.17, 15) is 35.9 Å². The molecule has 0 aliphatic rings. The molecule has 0 saturated carbocycles. The third kappa shape index (κ3) is 8.80. The Kier molecular flexibility index (Phi) is 10.0. The van der Waals surface area contributed by atoms with Gasteiger partial charge in [0.25, 0.3) is 5.91 Å². The van der Waals surface area contributed by atoms with Gasteiger partial charge in [0.1, 0.15) is 12.1 Å². The number of carbonyl (C=O) groups is 2. The lowest BCUT2D eigenvalue weighted by Gasteiger charge is -2.25. The number of alkyl halides is 6. The average Bonchev–Trinajstić information content (AvgIpc) is 2.74. The normalized spacial score (nSPS) is 13.5. The maximum absolute atomic E-state index is 13.7. The lowest BCUT2D eigenvalue weighted by atomic mass is 9.97. The first kappa shape index (κ1) is 31.3. The van der Waals surface area contributed by atoms with Crippen LogP contribution in [0.5, 0.6) is 0 Å². The predicted molar refractivity (Wildman–Crippen MR) is 134 cm³/mol. The first-order valence-electron chi connectivity index (χ1n) is 10.2. The number of amides is 2. The van der Waals surface area contributed by atoms with Crippen molar-refractivity contribution in [2.45, 2.75) is 37.7 Å². The first-order chi connectivity index (χ1) is 16.8. The molecule has 2 aromatic carbocycles. The summed E-state index contributed by atoms with van der Waals surface area (Å²) in [4.78, 5) is 24.7. The molecule has 2 aromatic rings. The third-order valence-corrected chi connectivity index (χ3v) is 6.73. The van der Waals surface area contributed by atoms with Crippen molar-refractivity contribution in [1.29, 1.82) is 0 Å². The zero-order valence-electron chi connectivity index (χ0n) is 18.9. The van der Waals surface area contributed by atoms with Gasteiger partial charge in [-0.25, -0.2) is 0 Å². The van der Waals surface area contributed by atoms with Crippen molar-refractivity contribution in [3.05, 3.63) is 72.6 Å². The number of hydrogen-bond acceptors (Lipinski definition) is 2. The van der Waals surface area contributed by atoms with E-state index in [1.807, 2.05) is 0 Å². The van der Waals surface area contributed by atoms with Gasteiger partial charge in [-0.3, -0.25) is 9.59 Å². The Morgan fingerprint density at radius 1 is 1.00 bits per heavy atom. The molecule has 1 atom stereocenters. The number of rotatable bonds is 7. The van der Waals surface area contributed by atoms with Gasteiger partial charge in [0.15, 0.2) is 0 Å². The summed E-state index contributed by atoms with van der Waals surface area (Å²) < 4.78 is 78.4. The predicted octanol–water partition coefficient (Wildman–Crippen LogP) is 7.96. The molecule has 202 valence electrons. The fraction of sp³-hybridized carbons (Fsp3) is 0.304. The minimum absolute atomic E-state index is 0.00233. The molecule has 0 saturated heterocycles. The number of halogens is 10. The van der Waals surface area contributed by atoms with Crippen LogP contribution in [0, 0.1) is 0 Å². The highest BCUT2D eigenvalue weighted by molar-refractivity contribution is 9.10. The summed E-state index contributed by atoms with van der Waals surface area (Å²) in [5.74, 6) is -3.93. The second kappa shape index (κ2) is 11.8. The van der Waals surface area contributed by atoms with E-state index in [4.69, 9.17) is 34.8 Å². The molecule has 14 heteroatoms. The Labute approximate surface area is 231 Å². The van der Waals surface area contributed by atoms with E-state index in [0.29, 0.717) is 0 Å². The summed E-state index contributed by atoms with van der Waals surface area (Å²) in [6.45, 7) is 0.867. The quantitative estimate of drug-likeness (QED) is 0.235. The summed E-state index contributed by atoms with van der Waals surface area (Å²) in [6.07, 6.45) is -7.26. The SMILES string of the molecule is CC(C)(NC(=O)c1ccc(C=CC(c2cc(Cl)c(Cl)c(Cl)c2)C(F)(F)F)cc1Br)C(=O)NCC(F)(F)F. The highest BCUT2D eigenvalue weighted by Gasteiger charge is 2.39. The van der Waals surface area contributed by atoms with Gasteiger partial charge in [-0.1, -0.05) is 53.0 Å². The van der Waals surface area contributed by atoms with Gasteiger partial charge in [0.05, 0.1) is 26.5 Å². The Morgan fingerprint density at radius 2 is 1.57 bits per heavy atom. The molecule has 0 radical (unpaired) electrons. The van der Waals surface area contributed by atoms with Crippen molar-refractivity contribution in [2.75, 3.05) is 6.54 Å². The standard InChI is InChI=1S/C23H18BrCl3F6N2O2/c1-21(2,20(37)34-10-22(28,29)30)35-19(36)13-5-3-11(7-15(13)24)4-6-14(23(31,32)33)12-8-16(25)18(27)17(26)9-12/h3-9,14H,10H2,1-2H3,(H,34,37)(H,35,36). The van der Waals surface area contributed by atoms with Gasteiger partial charge in [-0.15, -0.1) is 0 Å². The molecule has 0 spiro atoms. The van der Waals surface area contributed by atoms with Gasteiger partial charge in [0.2, 0.25) is 5.91 Å². The molecule has 0 aliphatic heterocycles. The highest BCUT2D eigenvalue weighted by atomic mass is 79.9. The van der Waals surface area contributed by atoms with Crippen LogP contribution in [-0.4, -0.2) is 36.3 Å². The largest absolute Gasteiger partial charge is 0.405 e. The fourth-order valence-corrected chi connectivity index (χ4v) is 4.19. The van der Waals surface area contributed by atoms with E-state index in [2.05, 4.69) is 21.2 Å². The minimum Gasteiger partial charge on any atom is -0.345 e. The van der Waals surface area contributed by atoms with Crippen LogP contribution in [0.3, 0.4) is 0 Å². The molecule has 1 unspecified atom stereocenters. The summed E-state index contributed by atoms with van der Waals surface area (Å²) in [5.41, 5.74) is -1.64. The van der Waals surface area contributed by atoms with Crippen molar-refractivity contribution in [2.24, 2.45) is 0 Å². The van der Waals surface area contributed by atoms with Gasteiger partial charge in [0, 0.05) is 4.47 Å². The van der Waals surface area contributed by atoms with E-state index in [-0.39, 0.29) is 36.2 Å². The van der Waals surface area contributed by atoms with Crippen molar-refractivity contribution < 1.29 is 35.9 Å². The van der Waals surface area contributed by atoms with Crippen LogP contribution in [0.2, 0.25) is 15.1 Å². The zero-order valence-corrected chi connectivity index (χ0v) is 22.8. The molecular formula is C23H18BrCl3F6N2O2. The molecule has 37 heavy (non-hydrogen) atoms. The lowest BCUT2D eigenvalue weighted by molar-refractivity contribution is -0.141. The molecule has 2 rings (SSSR count). The van der Waals surface area contributed by atoms with E-state index in [0.717, 1.165) is 18.2 Å². The number of carbonyl (C=O) groups excluding carboxylic acids is 2. The van der Waals surface area contributed by atoms with Crippen molar-refractivity contribution >= 4 is 68.6 Å². The number of allylic oxidation sites excluding steroid dienone is 1. The maximum atomic E-state index is 13.7. The number of hydrogen-bond donors (Lipinski definition) is 2. The highest BCUT2D eigenvalue weighted by Crippen LogP contribution is 2.41. The number of benzene rings is 2. The average molecular weight is 655 g/mol. The summed E-state index contributed by atoms with van der Waals surface area (Å²) in [5, 5.41) is 3.66. The molecule has 0 fully saturated rings. The van der Waals surface area contributed by atoms with Crippen LogP contribution in [-0.2, 0) is 4.79 Å². The third-order valence-electron chi connectivity index (χ3n) is 4.88. The molecule has 0 heterocycles. The molecule has 2 N–H and O–H groups in total. The Hall–Kier alpha value is -1.95. The minimum atomic E-state index is -4.69. The van der Waals surface area contributed by atoms with E-state index >= 15 is 0 Å². The number of nitrogens with one attached hydrogen (secondary N) is 2. The van der Waals surface area contributed by atoms with Crippen molar-refractivity contribution in [1.82, 2.24) is 10.6 Å². The fourth-order valence-electron chi connectivity index (χ4n) is 3.00. The Balaban J connectivity index is 2.24. The second-order valence-electron chi connectivity index (χ2n) is 8.29. The second-order valence-corrected chi connectivity index (χ2v) is 10.3. The van der Waals surface area contributed by atoms with Gasteiger partial charge in [-0.2, -0.15) is 26.3 Å². The summed E-state index contributed by atoms with van der Waals surface area (Å²) in [6, 6.07) is 6.11. The topological polar surface area (TPSA) is 58.2 Å². The van der Waals surface area contributed by atoms with Crippen molar-refractivity contribution in [3.63, 3.8) is 0 Å². The molecule has 0 bridgehead atoms. The molecule has 0 aromatic heterocycles. The van der Waals surface area contributed by atoms with Gasteiger partial charge in [-0.05, 0) is 65.2 Å². The first-order valence-corrected chi connectivity index (χ1v) is 12.1. The van der Waals surface area contributed by atoms with E-state index in [1.165, 1.54) is 38.1 Å². The smallest absolute Gasteiger partial charge is 0.345 e. The van der Waals surface area contributed by atoms with Crippen LogP contribution in [0.15, 0.2) is 40.9 Å². The van der Waals surface area contributed by atoms with Crippen LogP contribution < -0.4 is 10.6 Å². The molecular weight excluding hydrogens is 637 g/mol. The monoisotopic (exact) mass is 652 g/mol. The maximum Gasteiger partial charge on any atom is 0.405 e. The van der Waals surface area contributed by atoms with Gasteiger partial charge >= 0.3 is 12.4 Å². The van der Waals surface area contributed by atoms with Crippen LogP contribution in [0.25, 0.3) is 6.08 Å². The zero-order chi connectivity index (χ0) is 28.3. The van der Waals surface area contributed by atoms with Crippen LogP contribution >= 0.6 is 50.7 Å². The van der Waals surface area contributed by atoms with E-state index < -0.39 is 42.2 Å². The van der Waals surface area contributed by atoms with Crippen LogP contribution in [0.1, 0.15) is 41.3 Å². The molecule has 4 nitrogen and oxygen atoms in total. The van der Waals surface area contributed by atoms with E-state index in [1.54, 1.807) is 5.32 Å². The Morgan fingerprint density at radius 3 is 2.05 bits per heavy atom. The van der Waals surface area contributed by atoms with Crippen LogP contribution in [0.4, 0.5) is 26.3 Å².